The van der Waals surface area contributed by atoms with E-state index in [-0.39, 0.29) is 0 Å². The molecule has 0 aliphatic heterocycles. The van der Waals surface area contributed by atoms with Gasteiger partial charge in [0.05, 0.1) is 19.6 Å². The van der Waals surface area contributed by atoms with Gasteiger partial charge in [0.2, 0.25) is 0 Å². The van der Waals surface area contributed by atoms with Crippen LogP contribution in [0.3, 0.4) is 0 Å². The highest BCUT2D eigenvalue weighted by molar-refractivity contribution is 5.13. The molecule has 1 heteroatoms. The van der Waals surface area contributed by atoms with E-state index < -0.39 is 0 Å². The standard InChI is InChI=1S/C28H46N/c1-4-7-10-13-19-24-29(25-20-14-11-8-5-2,26-21-15-12-9-6-3)27-28-22-17-16-18-23-28/h4-6,16-18,22-23H,1-3,7-15,19-21,24-27H2/q+1. The Morgan fingerprint density at radius 1 is 0.552 bits per heavy atom. The summed E-state index contributed by atoms with van der Waals surface area (Å²) in [7, 11) is 0. The first-order chi connectivity index (χ1) is 14.3. The number of unbranched alkanes of at least 4 members (excludes halogenated alkanes) is 9. The third-order valence-electron chi connectivity index (χ3n) is 5.98. The molecule has 0 heterocycles. The van der Waals surface area contributed by atoms with Crippen molar-refractivity contribution in [2.24, 2.45) is 0 Å². The Labute approximate surface area is 181 Å². The van der Waals surface area contributed by atoms with E-state index in [0.717, 1.165) is 19.3 Å². The van der Waals surface area contributed by atoms with Gasteiger partial charge in [-0.05, 0) is 77.0 Å². The van der Waals surface area contributed by atoms with E-state index in [1.165, 1.54) is 94.0 Å². The van der Waals surface area contributed by atoms with E-state index in [4.69, 9.17) is 0 Å². The average Bonchev–Trinajstić information content (AvgIpc) is 2.74. The van der Waals surface area contributed by atoms with E-state index in [9.17, 15) is 0 Å². The Kier molecular flexibility index (Phi) is 15.2. The lowest BCUT2D eigenvalue weighted by Crippen LogP contribution is -2.49. The molecule has 1 rings (SSSR count). The van der Waals surface area contributed by atoms with E-state index in [0.29, 0.717) is 0 Å². The number of quaternary nitrogens is 1. The van der Waals surface area contributed by atoms with Crippen LogP contribution in [0.2, 0.25) is 0 Å². The number of rotatable bonds is 20. The van der Waals surface area contributed by atoms with Crippen LogP contribution in [-0.2, 0) is 6.54 Å². The summed E-state index contributed by atoms with van der Waals surface area (Å²) in [6, 6.07) is 11.2. The lowest BCUT2D eigenvalue weighted by Gasteiger charge is -2.39. The second-order valence-electron chi connectivity index (χ2n) is 8.57. The second kappa shape index (κ2) is 17.3. The van der Waals surface area contributed by atoms with Crippen LogP contribution in [0.25, 0.3) is 0 Å². The maximum absolute atomic E-state index is 3.87. The SMILES string of the molecule is C=CCCCCC[N+](CCCCCC=C)(CCCCCC=C)Cc1ccccc1. The molecule has 0 unspecified atom stereocenters. The fraction of sp³-hybridized carbons (Fsp3) is 0.571. The maximum atomic E-state index is 3.87. The van der Waals surface area contributed by atoms with Crippen molar-refractivity contribution in [3.05, 3.63) is 73.9 Å². The average molecular weight is 397 g/mol. The monoisotopic (exact) mass is 396 g/mol. The molecule has 1 aromatic carbocycles. The molecule has 0 bridgehead atoms. The normalized spacial score (nSPS) is 11.3. The van der Waals surface area contributed by atoms with Gasteiger partial charge < -0.3 is 4.48 Å². The van der Waals surface area contributed by atoms with Crippen molar-refractivity contribution in [2.45, 2.75) is 83.6 Å². The number of benzene rings is 1. The van der Waals surface area contributed by atoms with Crippen molar-refractivity contribution in [3.8, 4) is 0 Å². The zero-order valence-electron chi connectivity index (χ0n) is 19.0. The predicted molar refractivity (Wildman–Crippen MR) is 131 cm³/mol. The molecule has 0 aromatic heterocycles. The molecule has 162 valence electrons. The number of allylic oxidation sites excluding steroid dienone is 3. The van der Waals surface area contributed by atoms with Gasteiger partial charge in [0, 0.05) is 5.56 Å². The van der Waals surface area contributed by atoms with Crippen molar-refractivity contribution in [2.75, 3.05) is 19.6 Å². The molecular formula is C28H46N+. The van der Waals surface area contributed by atoms with Crippen molar-refractivity contribution in [1.29, 1.82) is 0 Å². The molecule has 0 saturated carbocycles. The molecule has 0 saturated heterocycles. The van der Waals surface area contributed by atoms with Gasteiger partial charge in [0.15, 0.2) is 0 Å². The Morgan fingerprint density at radius 2 is 0.966 bits per heavy atom. The number of hydrogen-bond acceptors (Lipinski definition) is 0. The Balaban J connectivity index is 2.77. The van der Waals surface area contributed by atoms with Crippen LogP contribution >= 0.6 is 0 Å². The van der Waals surface area contributed by atoms with E-state index in [1.807, 2.05) is 0 Å². The predicted octanol–water partition coefficient (Wildman–Crippen LogP) is 8.24. The Hall–Kier alpha value is -1.60. The summed E-state index contributed by atoms with van der Waals surface area (Å²) in [5, 5.41) is 0. The second-order valence-corrected chi connectivity index (χ2v) is 8.57. The highest BCUT2D eigenvalue weighted by Crippen LogP contribution is 2.21. The van der Waals surface area contributed by atoms with Crippen molar-refractivity contribution in [1.82, 2.24) is 0 Å². The quantitative estimate of drug-likeness (QED) is 0.118. The fourth-order valence-electron chi connectivity index (χ4n) is 4.28. The zero-order valence-corrected chi connectivity index (χ0v) is 19.0. The molecule has 29 heavy (non-hydrogen) atoms. The van der Waals surface area contributed by atoms with Gasteiger partial charge in [0.25, 0.3) is 0 Å². The van der Waals surface area contributed by atoms with E-state index in [1.54, 1.807) is 0 Å². The lowest BCUT2D eigenvalue weighted by molar-refractivity contribution is -0.941. The largest absolute Gasteiger partial charge is 0.320 e. The highest BCUT2D eigenvalue weighted by atomic mass is 15.3. The van der Waals surface area contributed by atoms with Gasteiger partial charge in [0.1, 0.15) is 6.54 Å². The molecular weight excluding hydrogens is 350 g/mol. The van der Waals surface area contributed by atoms with Crippen molar-refractivity contribution < 1.29 is 4.48 Å². The summed E-state index contributed by atoms with van der Waals surface area (Å²) in [5.74, 6) is 0. The molecule has 0 aliphatic carbocycles. The van der Waals surface area contributed by atoms with Crippen LogP contribution in [0.4, 0.5) is 0 Å². The first-order valence-corrected chi connectivity index (χ1v) is 12.0. The van der Waals surface area contributed by atoms with Crippen LogP contribution in [0.15, 0.2) is 68.3 Å². The fourth-order valence-corrected chi connectivity index (χ4v) is 4.28. The molecule has 0 spiro atoms. The third-order valence-corrected chi connectivity index (χ3v) is 5.98. The van der Waals surface area contributed by atoms with Crippen LogP contribution < -0.4 is 0 Å². The minimum atomic E-state index is 1.15. The minimum Gasteiger partial charge on any atom is -0.320 e. The minimum absolute atomic E-state index is 1.15. The molecule has 0 amide bonds. The van der Waals surface area contributed by atoms with Gasteiger partial charge in [-0.3, -0.25) is 0 Å². The summed E-state index contributed by atoms with van der Waals surface area (Å²) in [6.07, 6.45) is 21.5. The number of hydrogen-bond donors (Lipinski definition) is 0. The molecule has 0 radical (unpaired) electrons. The van der Waals surface area contributed by atoms with Crippen molar-refractivity contribution in [3.63, 3.8) is 0 Å². The summed E-state index contributed by atoms with van der Waals surface area (Å²) < 4.78 is 1.26. The number of nitrogens with zero attached hydrogens (tertiary/aromatic N) is 1. The summed E-state index contributed by atoms with van der Waals surface area (Å²) >= 11 is 0. The van der Waals surface area contributed by atoms with Crippen molar-refractivity contribution >= 4 is 0 Å². The van der Waals surface area contributed by atoms with Crippen LogP contribution in [0, 0.1) is 0 Å². The topological polar surface area (TPSA) is 0 Å². The molecule has 1 nitrogen and oxygen atoms in total. The van der Waals surface area contributed by atoms with E-state index in [2.05, 4.69) is 68.3 Å². The third kappa shape index (κ3) is 12.5. The van der Waals surface area contributed by atoms with Gasteiger partial charge in [-0.15, -0.1) is 19.7 Å². The van der Waals surface area contributed by atoms with E-state index >= 15 is 0 Å². The molecule has 0 atom stereocenters. The first kappa shape index (κ1) is 25.4. The summed E-state index contributed by atoms with van der Waals surface area (Å²) in [6.45, 7) is 16.8. The molecule has 1 aromatic rings. The smallest absolute Gasteiger partial charge is 0.104 e. The van der Waals surface area contributed by atoms with Gasteiger partial charge in [-0.25, -0.2) is 0 Å². The maximum Gasteiger partial charge on any atom is 0.104 e. The molecule has 0 aliphatic rings. The summed E-state index contributed by atoms with van der Waals surface area (Å²) in [5.41, 5.74) is 1.50. The highest BCUT2D eigenvalue weighted by Gasteiger charge is 2.26. The van der Waals surface area contributed by atoms with Crippen LogP contribution in [0.5, 0.6) is 0 Å². The van der Waals surface area contributed by atoms with Gasteiger partial charge >= 0.3 is 0 Å². The lowest BCUT2D eigenvalue weighted by atomic mass is 10.1. The Bertz CT molecular complexity index is 485. The molecule has 0 fully saturated rings. The van der Waals surface area contributed by atoms with Gasteiger partial charge in [-0.2, -0.15) is 0 Å². The summed E-state index contributed by atoms with van der Waals surface area (Å²) in [4.78, 5) is 0. The van der Waals surface area contributed by atoms with Crippen LogP contribution in [0.1, 0.15) is 82.6 Å². The van der Waals surface area contributed by atoms with Crippen LogP contribution in [-0.4, -0.2) is 24.1 Å². The Morgan fingerprint density at radius 3 is 1.34 bits per heavy atom. The first-order valence-electron chi connectivity index (χ1n) is 12.0. The zero-order chi connectivity index (χ0) is 21.0. The molecule has 0 N–H and O–H groups in total. The van der Waals surface area contributed by atoms with Gasteiger partial charge in [-0.1, -0.05) is 48.6 Å².